The molecule has 19 heavy (non-hydrogen) atoms. The average Bonchev–Trinajstić information content (AvgIpc) is 2.54. The molecule has 0 aliphatic rings. The minimum absolute atomic E-state index is 0.722. The molecule has 0 saturated heterocycles. The van der Waals surface area contributed by atoms with E-state index in [0.717, 1.165) is 11.4 Å². The van der Waals surface area contributed by atoms with Gasteiger partial charge in [0.15, 0.2) is 0 Å². The van der Waals surface area contributed by atoms with Crippen molar-refractivity contribution in [2.75, 3.05) is 0 Å². The first-order valence-corrected chi connectivity index (χ1v) is 11.3. The fourth-order valence-corrected chi connectivity index (χ4v) is 1.03. The van der Waals surface area contributed by atoms with Crippen LogP contribution in [0.5, 0.6) is 0 Å². The molecule has 7 heteroatoms. The van der Waals surface area contributed by atoms with Crippen molar-refractivity contribution in [1.82, 2.24) is 9.97 Å². The largest absolute Gasteiger partial charge is 0.255 e. The number of hydrogen-bond donors (Lipinski definition) is 0. The second-order valence-corrected chi connectivity index (χ2v) is 6.41. The second-order valence-electron chi connectivity index (χ2n) is 2.48. The number of rotatable bonds is 1. The molecule has 0 aliphatic carbocycles. The van der Waals surface area contributed by atoms with Crippen LogP contribution in [-0.2, 0) is 25.5 Å². The van der Waals surface area contributed by atoms with E-state index in [1.807, 2.05) is 36.4 Å². The molecule has 0 aromatic carbocycles. The van der Waals surface area contributed by atoms with Crippen LogP contribution < -0.4 is 0 Å². The molecule has 0 fully saturated rings. The number of pyridine rings is 2. The Morgan fingerprint density at radius 3 is 1.32 bits per heavy atom. The van der Waals surface area contributed by atoms with Crippen molar-refractivity contribution >= 4 is 32.6 Å². The monoisotopic (exact) mass is 471 g/mol. The third-order valence-electron chi connectivity index (χ3n) is 1.59. The minimum atomic E-state index is -0.722. The Morgan fingerprint density at radius 1 is 0.789 bits per heavy atom. The Balaban J connectivity index is 0. The van der Waals surface area contributed by atoms with E-state index in [-0.39, 0.29) is 0 Å². The number of nitrogens with zero attached hydrogens (tertiary/aromatic N) is 2. The van der Waals surface area contributed by atoms with Crippen LogP contribution in [0.15, 0.2) is 48.8 Å². The van der Waals surface area contributed by atoms with Crippen molar-refractivity contribution in [3.8, 4) is 11.4 Å². The van der Waals surface area contributed by atoms with Crippen LogP contribution in [0.3, 0.4) is 0 Å². The first kappa shape index (κ1) is 20.2. The summed E-state index contributed by atoms with van der Waals surface area (Å²) in [6, 6.07) is 11.6. The van der Waals surface area contributed by atoms with E-state index < -0.39 is 15.9 Å². The van der Waals surface area contributed by atoms with Gasteiger partial charge in [-0.15, -0.1) is 0 Å². The molecule has 2 rings (SSSR count). The van der Waals surface area contributed by atoms with Crippen molar-refractivity contribution in [2.45, 2.75) is 0 Å². The third kappa shape index (κ3) is 10.5. The molecule has 0 saturated carbocycles. The minimum Gasteiger partial charge on any atom is -0.255 e. The summed E-state index contributed by atoms with van der Waals surface area (Å²) in [5.74, 6) is 0. The maximum Gasteiger partial charge on any atom is 0.0886 e. The topological polar surface area (TPSA) is 59.9 Å². The van der Waals surface area contributed by atoms with Crippen LogP contribution in [-0.4, -0.2) is 23.5 Å². The summed E-state index contributed by atoms with van der Waals surface area (Å²) >= 11 is -0.722. The van der Waals surface area contributed by atoms with E-state index in [1.165, 1.54) is 0 Å². The van der Waals surface area contributed by atoms with Gasteiger partial charge in [-0.3, -0.25) is 23.5 Å². The second kappa shape index (κ2) is 16.9. The zero-order chi connectivity index (χ0) is 14.9. The molecule has 2 aromatic heterocycles. The molecule has 0 radical (unpaired) electrons. The SMILES string of the molecule is [CH-]=O.[CH-]=O.[Cl][Re][Cl].c1ccc(-c2ccccn2)nc1. The van der Waals surface area contributed by atoms with Gasteiger partial charge in [0.25, 0.3) is 0 Å². The zero-order valence-electron chi connectivity index (χ0n) is 9.62. The average molecular weight is 471 g/mol. The Kier molecular flexibility index (Phi) is 18.0. The summed E-state index contributed by atoms with van der Waals surface area (Å²) in [7, 11) is 9.83. The third-order valence-corrected chi connectivity index (χ3v) is 1.59. The molecule has 0 unspecified atom stereocenters. The van der Waals surface area contributed by atoms with Crippen LogP contribution in [0.1, 0.15) is 0 Å². The normalized spacial score (nSPS) is 7.47. The van der Waals surface area contributed by atoms with Crippen molar-refractivity contribution in [1.29, 1.82) is 0 Å². The van der Waals surface area contributed by atoms with E-state index in [9.17, 15) is 0 Å². The maximum absolute atomic E-state index is 7.75. The van der Waals surface area contributed by atoms with Gasteiger partial charge in [-0.2, -0.15) is 0 Å². The molecular weight excluding hydrogens is 461 g/mol. The summed E-state index contributed by atoms with van der Waals surface area (Å²) in [4.78, 5) is 23.9. The first-order chi connectivity index (χ1) is 9.38. The Hall–Kier alpha value is -1.12. The van der Waals surface area contributed by atoms with Gasteiger partial charge in [-0.1, -0.05) is 12.1 Å². The summed E-state index contributed by atoms with van der Waals surface area (Å²) in [5.41, 5.74) is 1.83. The van der Waals surface area contributed by atoms with Gasteiger partial charge in [-0.25, -0.2) is 0 Å². The Morgan fingerprint density at radius 2 is 1.11 bits per heavy atom. The quantitative estimate of drug-likeness (QED) is 0.474. The van der Waals surface area contributed by atoms with Gasteiger partial charge in [-0.05, 0) is 24.3 Å². The van der Waals surface area contributed by atoms with Crippen LogP contribution in [0.4, 0.5) is 0 Å². The van der Waals surface area contributed by atoms with E-state index in [2.05, 4.69) is 23.5 Å². The summed E-state index contributed by atoms with van der Waals surface area (Å²) in [6.07, 6.45) is 3.54. The molecule has 4 nitrogen and oxygen atoms in total. The van der Waals surface area contributed by atoms with Crippen LogP contribution in [0.25, 0.3) is 11.4 Å². The molecule has 0 spiro atoms. The van der Waals surface area contributed by atoms with E-state index in [0.29, 0.717) is 0 Å². The molecule has 0 amide bonds. The molecule has 103 valence electrons. The van der Waals surface area contributed by atoms with E-state index >= 15 is 0 Å². The van der Waals surface area contributed by atoms with E-state index in [4.69, 9.17) is 28.6 Å². The number of carbonyl (C=O) groups excluding carboxylic acids is 2. The predicted molar refractivity (Wildman–Crippen MR) is 72.7 cm³/mol. The summed E-state index contributed by atoms with van der Waals surface area (Å²) in [6.45, 7) is 6.50. The zero-order valence-corrected chi connectivity index (χ0v) is 13.8. The number of halogens is 2. The molecular formula is C12H10Cl2N2O2Re-2. The van der Waals surface area contributed by atoms with Gasteiger partial charge in [0.05, 0.1) is 11.4 Å². The van der Waals surface area contributed by atoms with Crippen LogP contribution in [0.2, 0.25) is 0 Å². The van der Waals surface area contributed by atoms with Crippen molar-refractivity contribution < 1.29 is 25.5 Å². The van der Waals surface area contributed by atoms with Gasteiger partial charge in [0.2, 0.25) is 0 Å². The van der Waals surface area contributed by atoms with Gasteiger partial charge < -0.3 is 9.59 Å². The van der Waals surface area contributed by atoms with Crippen molar-refractivity contribution in [3.05, 3.63) is 48.8 Å². The van der Waals surface area contributed by atoms with Crippen molar-refractivity contribution in [3.63, 3.8) is 0 Å². The summed E-state index contributed by atoms with van der Waals surface area (Å²) < 4.78 is 0. The van der Waals surface area contributed by atoms with Crippen molar-refractivity contribution in [2.24, 2.45) is 0 Å². The fraction of sp³-hybridized carbons (Fsp3) is 0. The molecule has 2 aromatic rings. The predicted octanol–water partition coefficient (Wildman–Crippen LogP) is 2.97. The van der Waals surface area contributed by atoms with E-state index in [1.54, 1.807) is 12.4 Å². The van der Waals surface area contributed by atoms with Gasteiger partial charge in [0.1, 0.15) is 0 Å². The first-order valence-electron chi connectivity index (χ1n) is 4.55. The van der Waals surface area contributed by atoms with Crippen LogP contribution >= 0.6 is 19.1 Å². The van der Waals surface area contributed by atoms with Gasteiger partial charge in [0, 0.05) is 12.4 Å². The molecule has 0 atom stereocenters. The number of hydrogen-bond acceptors (Lipinski definition) is 4. The smallest absolute Gasteiger partial charge is 0.0886 e. The molecule has 0 aliphatic heterocycles. The Bertz CT molecular complexity index is 367. The van der Waals surface area contributed by atoms with Crippen LogP contribution in [0, 0.1) is 0 Å². The van der Waals surface area contributed by atoms with Gasteiger partial charge >= 0.3 is 35.0 Å². The molecule has 0 bridgehead atoms. The summed E-state index contributed by atoms with van der Waals surface area (Å²) in [5, 5.41) is 0. The fourth-order valence-electron chi connectivity index (χ4n) is 1.03. The molecule has 0 N–H and O–H groups in total. The maximum atomic E-state index is 7.75. The Labute approximate surface area is 128 Å². The number of aromatic nitrogens is 2. The standard InChI is InChI=1S/C10H8N2.2CHO.2ClH.Re/c1-3-7-11-9(5-1)10-6-2-4-8-12-10;2*1-2;;;/h1-8H;2*1H;2*1H;/q;2*-1;;;+2/p-2. The molecule has 2 heterocycles.